The standard InChI is InChI=1S/C7H8BrClN2/c1-4-6(11-10)3-2-5(8)7(4)9/h2-3,11H,10H2,1H3. The fourth-order valence-electron chi connectivity index (χ4n) is 0.808. The molecule has 0 fully saturated rings. The van der Waals surface area contributed by atoms with Crippen molar-refractivity contribution < 1.29 is 0 Å². The van der Waals surface area contributed by atoms with E-state index in [1.807, 2.05) is 19.1 Å². The smallest absolute Gasteiger partial charge is 0.0598 e. The Labute approximate surface area is 78.8 Å². The number of nitrogens with one attached hydrogen (secondary N) is 1. The minimum Gasteiger partial charge on any atom is -0.324 e. The molecule has 0 heterocycles. The quantitative estimate of drug-likeness (QED) is 0.580. The van der Waals surface area contributed by atoms with Crippen LogP contribution in [0.5, 0.6) is 0 Å². The molecule has 0 aliphatic heterocycles. The molecule has 0 spiro atoms. The number of anilines is 1. The van der Waals surface area contributed by atoms with E-state index in [0.717, 1.165) is 15.7 Å². The topological polar surface area (TPSA) is 38.0 Å². The van der Waals surface area contributed by atoms with E-state index in [-0.39, 0.29) is 0 Å². The van der Waals surface area contributed by atoms with Crippen LogP contribution in [0.25, 0.3) is 0 Å². The first kappa shape index (κ1) is 8.84. The molecule has 1 aromatic carbocycles. The van der Waals surface area contributed by atoms with Crippen LogP contribution in [0.15, 0.2) is 16.6 Å². The van der Waals surface area contributed by atoms with Gasteiger partial charge in [0.15, 0.2) is 0 Å². The van der Waals surface area contributed by atoms with Crippen molar-refractivity contribution in [1.82, 2.24) is 0 Å². The average molecular weight is 236 g/mol. The van der Waals surface area contributed by atoms with E-state index in [0.29, 0.717) is 5.02 Å². The maximum atomic E-state index is 5.92. The second kappa shape index (κ2) is 3.43. The maximum absolute atomic E-state index is 5.92. The van der Waals surface area contributed by atoms with Crippen LogP contribution in [0.2, 0.25) is 5.02 Å². The maximum Gasteiger partial charge on any atom is 0.0598 e. The molecule has 2 nitrogen and oxygen atoms in total. The van der Waals surface area contributed by atoms with Crippen LogP contribution in [0.1, 0.15) is 5.56 Å². The first-order chi connectivity index (χ1) is 5.16. The van der Waals surface area contributed by atoms with Crippen LogP contribution >= 0.6 is 27.5 Å². The van der Waals surface area contributed by atoms with E-state index in [4.69, 9.17) is 17.4 Å². The number of hydrazine groups is 1. The fourth-order valence-corrected chi connectivity index (χ4v) is 1.40. The summed E-state index contributed by atoms with van der Waals surface area (Å²) in [5.41, 5.74) is 4.35. The molecule has 11 heavy (non-hydrogen) atoms. The molecule has 0 atom stereocenters. The Balaban J connectivity index is 3.25. The molecule has 60 valence electrons. The zero-order valence-corrected chi connectivity index (χ0v) is 8.33. The van der Waals surface area contributed by atoms with Crippen molar-refractivity contribution in [2.45, 2.75) is 6.92 Å². The normalized spacial score (nSPS) is 9.82. The second-order valence-electron chi connectivity index (χ2n) is 2.18. The Morgan fingerprint density at radius 1 is 1.55 bits per heavy atom. The number of halogens is 2. The number of rotatable bonds is 1. The van der Waals surface area contributed by atoms with Crippen molar-refractivity contribution >= 4 is 33.2 Å². The van der Waals surface area contributed by atoms with Crippen LogP contribution in [0.3, 0.4) is 0 Å². The summed E-state index contributed by atoms with van der Waals surface area (Å²) in [6.45, 7) is 1.91. The summed E-state index contributed by atoms with van der Waals surface area (Å²) in [4.78, 5) is 0. The minimum absolute atomic E-state index is 0.695. The van der Waals surface area contributed by atoms with Gasteiger partial charge in [-0.15, -0.1) is 0 Å². The van der Waals surface area contributed by atoms with Gasteiger partial charge in [0.25, 0.3) is 0 Å². The van der Waals surface area contributed by atoms with Gasteiger partial charge in [0, 0.05) is 4.47 Å². The molecule has 0 aromatic heterocycles. The summed E-state index contributed by atoms with van der Waals surface area (Å²) in [6, 6.07) is 3.72. The number of hydrogen-bond donors (Lipinski definition) is 2. The number of nitrogens with two attached hydrogens (primary N) is 1. The van der Waals surface area contributed by atoms with Gasteiger partial charge >= 0.3 is 0 Å². The van der Waals surface area contributed by atoms with Crippen LogP contribution in [0, 0.1) is 6.92 Å². The highest BCUT2D eigenvalue weighted by molar-refractivity contribution is 9.10. The van der Waals surface area contributed by atoms with Crippen molar-refractivity contribution in [3.05, 3.63) is 27.2 Å². The first-order valence-electron chi connectivity index (χ1n) is 3.08. The zero-order valence-electron chi connectivity index (χ0n) is 5.99. The van der Waals surface area contributed by atoms with E-state index >= 15 is 0 Å². The van der Waals surface area contributed by atoms with E-state index in [9.17, 15) is 0 Å². The SMILES string of the molecule is Cc1c(NN)ccc(Br)c1Cl. The molecule has 3 N–H and O–H groups in total. The third-order valence-corrected chi connectivity index (χ3v) is 2.87. The zero-order chi connectivity index (χ0) is 8.43. The highest BCUT2D eigenvalue weighted by Gasteiger charge is 2.03. The van der Waals surface area contributed by atoms with Crippen molar-refractivity contribution in [1.29, 1.82) is 0 Å². The minimum atomic E-state index is 0.695. The highest BCUT2D eigenvalue weighted by atomic mass is 79.9. The van der Waals surface area contributed by atoms with Crippen LogP contribution in [-0.2, 0) is 0 Å². The van der Waals surface area contributed by atoms with E-state index < -0.39 is 0 Å². The Kier molecular flexibility index (Phi) is 2.76. The predicted molar refractivity (Wildman–Crippen MR) is 51.7 cm³/mol. The molecule has 0 amide bonds. The second-order valence-corrected chi connectivity index (χ2v) is 3.41. The number of benzene rings is 1. The summed E-state index contributed by atoms with van der Waals surface area (Å²) in [5, 5.41) is 0.695. The average Bonchev–Trinajstić information content (AvgIpc) is 2.01. The van der Waals surface area contributed by atoms with Gasteiger partial charge in [-0.1, -0.05) is 11.6 Å². The molecule has 0 bridgehead atoms. The van der Waals surface area contributed by atoms with Gasteiger partial charge in [0.2, 0.25) is 0 Å². The lowest BCUT2D eigenvalue weighted by atomic mass is 10.2. The lowest BCUT2D eigenvalue weighted by Gasteiger charge is -2.06. The van der Waals surface area contributed by atoms with Crippen LogP contribution in [-0.4, -0.2) is 0 Å². The summed E-state index contributed by atoms with van der Waals surface area (Å²) in [7, 11) is 0. The van der Waals surface area contributed by atoms with E-state index in [1.54, 1.807) is 0 Å². The summed E-state index contributed by atoms with van der Waals surface area (Å²) in [6.07, 6.45) is 0. The first-order valence-corrected chi connectivity index (χ1v) is 4.25. The van der Waals surface area contributed by atoms with E-state index in [1.165, 1.54) is 0 Å². The largest absolute Gasteiger partial charge is 0.324 e. The van der Waals surface area contributed by atoms with Crippen LogP contribution in [0.4, 0.5) is 5.69 Å². The summed E-state index contributed by atoms with van der Waals surface area (Å²) >= 11 is 9.23. The number of hydrogen-bond acceptors (Lipinski definition) is 2. The summed E-state index contributed by atoms with van der Waals surface area (Å²) < 4.78 is 0.885. The highest BCUT2D eigenvalue weighted by Crippen LogP contribution is 2.30. The van der Waals surface area contributed by atoms with Crippen molar-refractivity contribution in [3.8, 4) is 0 Å². The van der Waals surface area contributed by atoms with Crippen molar-refractivity contribution in [2.24, 2.45) is 5.84 Å². The van der Waals surface area contributed by atoms with Crippen LogP contribution < -0.4 is 11.3 Å². The lowest BCUT2D eigenvalue weighted by Crippen LogP contribution is -2.08. The van der Waals surface area contributed by atoms with Gasteiger partial charge < -0.3 is 5.43 Å². The van der Waals surface area contributed by atoms with Gasteiger partial charge in [-0.2, -0.15) is 0 Å². The summed E-state index contributed by atoms with van der Waals surface area (Å²) in [5.74, 6) is 5.25. The molecule has 0 saturated heterocycles. The molecule has 0 aliphatic carbocycles. The van der Waals surface area contributed by atoms with Gasteiger partial charge in [0.05, 0.1) is 10.7 Å². The van der Waals surface area contributed by atoms with E-state index in [2.05, 4.69) is 21.4 Å². The molecule has 1 rings (SSSR count). The van der Waals surface area contributed by atoms with Crippen molar-refractivity contribution in [2.75, 3.05) is 5.43 Å². The molecular weight excluding hydrogens is 227 g/mol. The molecule has 0 radical (unpaired) electrons. The Bertz CT molecular complexity index is 275. The Hall–Kier alpha value is -0.250. The fraction of sp³-hybridized carbons (Fsp3) is 0.143. The molecule has 0 unspecified atom stereocenters. The molecule has 4 heteroatoms. The molecular formula is C7H8BrClN2. The molecule has 0 aliphatic rings. The van der Waals surface area contributed by atoms with Crippen molar-refractivity contribution in [3.63, 3.8) is 0 Å². The third-order valence-electron chi connectivity index (χ3n) is 1.49. The third kappa shape index (κ3) is 1.67. The molecule has 1 aromatic rings. The Morgan fingerprint density at radius 2 is 2.18 bits per heavy atom. The Morgan fingerprint density at radius 3 is 2.73 bits per heavy atom. The molecule has 0 saturated carbocycles. The van der Waals surface area contributed by atoms with Gasteiger partial charge in [-0.25, -0.2) is 0 Å². The monoisotopic (exact) mass is 234 g/mol. The van der Waals surface area contributed by atoms with Gasteiger partial charge in [-0.05, 0) is 40.5 Å². The number of nitrogen functional groups attached to an aromatic ring is 1. The van der Waals surface area contributed by atoms with Gasteiger partial charge in [0.1, 0.15) is 0 Å². The lowest BCUT2D eigenvalue weighted by molar-refractivity contribution is 1.30. The predicted octanol–water partition coefficient (Wildman–Crippen LogP) is 2.70. The van der Waals surface area contributed by atoms with Gasteiger partial charge in [-0.3, -0.25) is 5.84 Å².